The lowest BCUT2D eigenvalue weighted by molar-refractivity contribution is 0.0797. The molecule has 2 aliphatic rings. The van der Waals surface area contributed by atoms with E-state index in [1.54, 1.807) is 6.08 Å². The molecule has 1 aromatic rings. The van der Waals surface area contributed by atoms with Crippen LogP contribution in [-0.4, -0.2) is 46.4 Å². The molecule has 0 spiro atoms. The van der Waals surface area contributed by atoms with Gasteiger partial charge in [0.05, 0.1) is 21.9 Å². The Morgan fingerprint density at radius 1 is 1.15 bits per heavy atom. The fourth-order valence-electron chi connectivity index (χ4n) is 3.23. The molecule has 1 fully saturated rings. The van der Waals surface area contributed by atoms with Crippen LogP contribution in [0.15, 0.2) is 41.3 Å². The standard InChI is InChI=1S/C17H24N2O5S2/c20-17(10-2-1-3-11-17)14-18-26(23,24)16-8-6-15(7-9-16)19-12-4-5-13-25(19,21)22/h2,6-10,18,20H,1,3-5,11-14H2. The molecule has 144 valence electrons. The summed E-state index contributed by atoms with van der Waals surface area (Å²) in [7, 11) is -7.12. The Hall–Kier alpha value is -1.42. The fourth-order valence-corrected chi connectivity index (χ4v) is 5.97. The van der Waals surface area contributed by atoms with Gasteiger partial charge in [-0.1, -0.05) is 12.2 Å². The van der Waals surface area contributed by atoms with E-state index >= 15 is 0 Å². The quantitative estimate of drug-likeness (QED) is 0.727. The second kappa shape index (κ2) is 7.30. The van der Waals surface area contributed by atoms with Gasteiger partial charge in [0.1, 0.15) is 0 Å². The summed E-state index contributed by atoms with van der Waals surface area (Å²) in [5.74, 6) is 0.112. The van der Waals surface area contributed by atoms with Crippen molar-refractivity contribution in [2.45, 2.75) is 42.6 Å². The Kier molecular flexibility index (Phi) is 5.43. The highest BCUT2D eigenvalue weighted by molar-refractivity contribution is 7.92. The first-order chi connectivity index (χ1) is 12.2. The van der Waals surface area contributed by atoms with Gasteiger partial charge in [-0.25, -0.2) is 21.6 Å². The van der Waals surface area contributed by atoms with Crippen LogP contribution in [0.3, 0.4) is 0 Å². The molecule has 3 rings (SSSR count). The molecule has 26 heavy (non-hydrogen) atoms. The Labute approximate surface area is 154 Å². The van der Waals surface area contributed by atoms with Gasteiger partial charge in [-0.3, -0.25) is 4.31 Å². The molecule has 1 atom stereocenters. The number of hydrogen-bond donors (Lipinski definition) is 2. The third-order valence-corrected chi connectivity index (χ3v) is 8.05. The highest BCUT2D eigenvalue weighted by atomic mass is 32.2. The summed E-state index contributed by atoms with van der Waals surface area (Å²) >= 11 is 0. The molecule has 1 heterocycles. The summed E-state index contributed by atoms with van der Waals surface area (Å²) < 4.78 is 53.0. The van der Waals surface area contributed by atoms with Crippen LogP contribution in [0.4, 0.5) is 5.69 Å². The average molecular weight is 401 g/mol. The van der Waals surface area contributed by atoms with Crippen molar-refractivity contribution < 1.29 is 21.9 Å². The number of allylic oxidation sites excluding steroid dienone is 1. The predicted molar refractivity (Wildman–Crippen MR) is 99.9 cm³/mol. The van der Waals surface area contributed by atoms with E-state index in [9.17, 15) is 21.9 Å². The van der Waals surface area contributed by atoms with Crippen molar-refractivity contribution >= 4 is 25.7 Å². The van der Waals surface area contributed by atoms with Crippen molar-refractivity contribution in [3.8, 4) is 0 Å². The molecule has 9 heteroatoms. The number of sulfonamides is 2. The largest absolute Gasteiger partial charge is 0.384 e. The third-order valence-electron chi connectivity index (χ3n) is 4.76. The molecule has 1 aliphatic carbocycles. The molecule has 0 radical (unpaired) electrons. The molecule has 2 N–H and O–H groups in total. The number of nitrogens with one attached hydrogen (secondary N) is 1. The van der Waals surface area contributed by atoms with Gasteiger partial charge in [-0.15, -0.1) is 0 Å². The van der Waals surface area contributed by atoms with E-state index < -0.39 is 25.6 Å². The fraction of sp³-hybridized carbons (Fsp3) is 0.529. The summed E-state index contributed by atoms with van der Waals surface area (Å²) in [6.45, 7) is 0.320. The highest BCUT2D eigenvalue weighted by Gasteiger charge is 2.29. The number of hydrogen-bond acceptors (Lipinski definition) is 5. The number of aliphatic hydroxyl groups is 1. The Balaban J connectivity index is 1.73. The van der Waals surface area contributed by atoms with Crippen LogP contribution in [0.2, 0.25) is 0 Å². The van der Waals surface area contributed by atoms with E-state index in [1.165, 1.54) is 28.6 Å². The van der Waals surface area contributed by atoms with Crippen LogP contribution in [0, 0.1) is 0 Å². The molecule has 0 saturated carbocycles. The molecular formula is C17H24N2O5S2. The summed E-state index contributed by atoms with van der Waals surface area (Å²) in [6, 6.07) is 5.80. The van der Waals surface area contributed by atoms with Crippen LogP contribution in [0.25, 0.3) is 0 Å². The van der Waals surface area contributed by atoms with Crippen molar-refractivity contribution in [2.75, 3.05) is 23.1 Å². The van der Waals surface area contributed by atoms with Gasteiger partial charge >= 0.3 is 0 Å². The average Bonchev–Trinajstić information content (AvgIpc) is 2.61. The van der Waals surface area contributed by atoms with Crippen molar-refractivity contribution in [1.82, 2.24) is 4.72 Å². The highest BCUT2D eigenvalue weighted by Crippen LogP contribution is 2.25. The van der Waals surface area contributed by atoms with Crippen molar-refractivity contribution in [2.24, 2.45) is 0 Å². The molecule has 0 bridgehead atoms. The smallest absolute Gasteiger partial charge is 0.240 e. The molecule has 0 aromatic heterocycles. The number of anilines is 1. The minimum Gasteiger partial charge on any atom is -0.384 e. The van der Waals surface area contributed by atoms with Gasteiger partial charge in [0.15, 0.2) is 0 Å². The zero-order chi connectivity index (χ0) is 18.8. The van der Waals surface area contributed by atoms with Gasteiger partial charge < -0.3 is 5.11 Å². The second-order valence-corrected chi connectivity index (χ2v) is 10.6. The maximum Gasteiger partial charge on any atom is 0.240 e. The summed E-state index contributed by atoms with van der Waals surface area (Å²) in [5.41, 5.74) is -0.690. The summed E-state index contributed by atoms with van der Waals surface area (Å²) in [6.07, 6.45) is 7.13. The molecule has 0 amide bonds. The van der Waals surface area contributed by atoms with E-state index in [-0.39, 0.29) is 17.2 Å². The minimum absolute atomic E-state index is 0.0408. The first-order valence-corrected chi connectivity index (χ1v) is 11.8. The molecular weight excluding hydrogens is 376 g/mol. The second-order valence-electron chi connectivity index (χ2n) is 6.81. The maximum atomic E-state index is 12.5. The van der Waals surface area contributed by atoms with Crippen molar-refractivity contribution in [1.29, 1.82) is 0 Å². The summed E-state index contributed by atoms with van der Waals surface area (Å²) in [4.78, 5) is 0.0408. The minimum atomic E-state index is -3.79. The number of nitrogens with zero attached hydrogens (tertiary/aromatic N) is 1. The molecule has 1 saturated heterocycles. The topological polar surface area (TPSA) is 104 Å². The normalized spacial score (nSPS) is 26.0. The monoisotopic (exact) mass is 400 g/mol. The first kappa shape index (κ1) is 19.3. The lowest BCUT2D eigenvalue weighted by atomic mass is 9.91. The molecule has 1 unspecified atom stereocenters. The van der Waals surface area contributed by atoms with E-state index in [4.69, 9.17) is 0 Å². The zero-order valence-corrected chi connectivity index (χ0v) is 16.1. The van der Waals surface area contributed by atoms with E-state index in [0.29, 0.717) is 25.1 Å². The van der Waals surface area contributed by atoms with Crippen LogP contribution < -0.4 is 9.03 Å². The maximum absolute atomic E-state index is 12.5. The number of benzene rings is 1. The van der Waals surface area contributed by atoms with Crippen LogP contribution >= 0.6 is 0 Å². The molecule has 7 nitrogen and oxygen atoms in total. The first-order valence-electron chi connectivity index (χ1n) is 8.72. The summed E-state index contributed by atoms with van der Waals surface area (Å²) in [5, 5.41) is 10.4. The van der Waals surface area contributed by atoms with Crippen LogP contribution in [-0.2, 0) is 20.0 Å². The van der Waals surface area contributed by atoms with Crippen LogP contribution in [0.5, 0.6) is 0 Å². The van der Waals surface area contributed by atoms with E-state index in [0.717, 1.165) is 19.3 Å². The van der Waals surface area contributed by atoms with E-state index in [2.05, 4.69) is 4.72 Å². The third kappa shape index (κ3) is 4.28. The SMILES string of the molecule is O=S(=O)(NCC1(O)C=CCCC1)c1ccc(N2CCCCS2(=O)=O)cc1. The zero-order valence-electron chi connectivity index (χ0n) is 14.5. The lowest BCUT2D eigenvalue weighted by Gasteiger charge is -2.28. The van der Waals surface area contributed by atoms with Crippen molar-refractivity contribution in [3.05, 3.63) is 36.4 Å². The van der Waals surface area contributed by atoms with E-state index in [1.807, 2.05) is 6.08 Å². The van der Waals surface area contributed by atoms with Gasteiger partial charge in [-0.2, -0.15) is 0 Å². The molecule has 1 aromatic carbocycles. The van der Waals surface area contributed by atoms with Gasteiger partial charge in [0, 0.05) is 13.1 Å². The number of rotatable bonds is 5. The predicted octanol–water partition coefficient (Wildman–Crippen LogP) is 1.37. The lowest BCUT2D eigenvalue weighted by Crippen LogP contribution is -2.42. The Morgan fingerprint density at radius 2 is 1.88 bits per heavy atom. The van der Waals surface area contributed by atoms with Crippen molar-refractivity contribution in [3.63, 3.8) is 0 Å². The van der Waals surface area contributed by atoms with Gasteiger partial charge in [-0.05, 0) is 56.4 Å². The van der Waals surface area contributed by atoms with Gasteiger partial charge in [0.2, 0.25) is 20.0 Å². The van der Waals surface area contributed by atoms with Gasteiger partial charge in [0.25, 0.3) is 0 Å². The Bertz CT molecular complexity index is 878. The van der Waals surface area contributed by atoms with Crippen LogP contribution in [0.1, 0.15) is 32.1 Å². The Morgan fingerprint density at radius 3 is 2.50 bits per heavy atom. The molecule has 1 aliphatic heterocycles.